The number of carbonyl (C=O) groups is 1. The fraction of sp³-hybridized carbons (Fsp3) is 0.235. The molecular formula is C17H18O3. The van der Waals surface area contributed by atoms with E-state index in [-0.39, 0.29) is 12.4 Å². The van der Waals surface area contributed by atoms with E-state index in [1.165, 1.54) is 0 Å². The molecule has 0 atom stereocenters. The lowest BCUT2D eigenvalue weighted by molar-refractivity contribution is 0.0920. The van der Waals surface area contributed by atoms with Crippen molar-refractivity contribution < 1.29 is 14.3 Å². The smallest absolute Gasteiger partial charge is 0.200 e. The van der Waals surface area contributed by atoms with Crippen molar-refractivity contribution in [3.63, 3.8) is 0 Å². The summed E-state index contributed by atoms with van der Waals surface area (Å²) in [5.41, 5.74) is 2.80. The molecule has 0 unspecified atom stereocenters. The Balaban J connectivity index is 2.06. The van der Waals surface area contributed by atoms with E-state index in [0.29, 0.717) is 11.3 Å². The molecule has 0 N–H and O–H groups in total. The van der Waals surface area contributed by atoms with Gasteiger partial charge in [0, 0.05) is 5.56 Å². The van der Waals surface area contributed by atoms with Gasteiger partial charge in [0.2, 0.25) is 0 Å². The van der Waals surface area contributed by atoms with Crippen molar-refractivity contribution in [1.82, 2.24) is 0 Å². The van der Waals surface area contributed by atoms with Crippen molar-refractivity contribution in [2.45, 2.75) is 13.8 Å². The van der Waals surface area contributed by atoms with Crippen LogP contribution in [-0.2, 0) is 0 Å². The molecule has 0 saturated heterocycles. The van der Waals surface area contributed by atoms with Crippen LogP contribution in [0.25, 0.3) is 0 Å². The summed E-state index contributed by atoms with van der Waals surface area (Å²) < 4.78 is 10.7. The minimum absolute atomic E-state index is 0.0253. The number of carbonyl (C=O) groups excluding carboxylic acids is 1. The number of ketones is 1. The van der Waals surface area contributed by atoms with E-state index in [9.17, 15) is 4.79 Å². The Hall–Kier alpha value is -2.29. The van der Waals surface area contributed by atoms with Crippen LogP contribution in [0.4, 0.5) is 0 Å². The van der Waals surface area contributed by atoms with Crippen molar-refractivity contribution in [2.24, 2.45) is 0 Å². The number of ether oxygens (including phenoxy) is 2. The Morgan fingerprint density at radius 3 is 2.60 bits per heavy atom. The van der Waals surface area contributed by atoms with Crippen molar-refractivity contribution in [2.75, 3.05) is 13.7 Å². The number of hydrogen-bond donors (Lipinski definition) is 0. The predicted molar refractivity (Wildman–Crippen MR) is 78.7 cm³/mol. The lowest BCUT2D eigenvalue weighted by Gasteiger charge is -2.10. The maximum Gasteiger partial charge on any atom is 0.200 e. The molecule has 0 aliphatic rings. The van der Waals surface area contributed by atoms with Crippen molar-refractivity contribution in [3.05, 3.63) is 59.2 Å². The molecule has 0 heterocycles. The van der Waals surface area contributed by atoms with Gasteiger partial charge in [-0.15, -0.1) is 0 Å². The summed E-state index contributed by atoms with van der Waals surface area (Å²) in [5, 5.41) is 0. The van der Waals surface area contributed by atoms with E-state index in [4.69, 9.17) is 9.47 Å². The molecule has 0 aliphatic carbocycles. The van der Waals surface area contributed by atoms with Crippen molar-refractivity contribution >= 4 is 5.78 Å². The van der Waals surface area contributed by atoms with Crippen LogP contribution in [0.2, 0.25) is 0 Å². The second-order valence-electron chi connectivity index (χ2n) is 4.64. The van der Waals surface area contributed by atoms with Crippen molar-refractivity contribution in [1.29, 1.82) is 0 Å². The molecule has 0 aliphatic heterocycles. The maximum absolute atomic E-state index is 12.1. The Kier molecular flexibility index (Phi) is 4.41. The van der Waals surface area contributed by atoms with Crippen LogP contribution in [0, 0.1) is 13.8 Å². The SMILES string of the molecule is COc1cccc(C(=O)COc2cccc(C)c2C)c1. The van der Waals surface area contributed by atoms with Crippen LogP contribution < -0.4 is 9.47 Å². The first kappa shape index (κ1) is 14.1. The normalized spacial score (nSPS) is 10.2. The number of hydrogen-bond acceptors (Lipinski definition) is 3. The van der Waals surface area contributed by atoms with Gasteiger partial charge in [0.15, 0.2) is 12.4 Å². The molecule has 3 nitrogen and oxygen atoms in total. The monoisotopic (exact) mass is 270 g/mol. The van der Waals surface area contributed by atoms with Gasteiger partial charge in [0.05, 0.1) is 7.11 Å². The average molecular weight is 270 g/mol. The van der Waals surface area contributed by atoms with Crippen LogP contribution in [0.5, 0.6) is 11.5 Å². The summed E-state index contributed by atoms with van der Waals surface area (Å²) in [6.45, 7) is 4.03. The Morgan fingerprint density at radius 2 is 1.85 bits per heavy atom. The largest absolute Gasteiger partial charge is 0.497 e. The van der Waals surface area contributed by atoms with Crippen LogP contribution in [-0.4, -0.2) is 19.5 Å². The summed E-state index contributed by atoms with van der Waals surface area (Å²) in [7, 11) is 1.58. The van der Waals surface area contributed by atoms with Gasteiger partial charge in [-0.1, -0.05) is 24.3 Å². The molecule has 0 saturated carbocycles. The fourth-order valence-corrected chi connectivity index (χ4v) is 1.90. The molecule has 104 valence electrons. The second kappa shape index (κ2) is 6.24. The van der Waals surface area contributed by atoms with Crippen LogP contribution in [0.3, 0.4) is 0 Å². The molecule has 0 radical (unpaired) electrons. The van der Waals surface area contributed by atoms with E-state index < -0.39 is 0 Å². The maximum atomic E-state index is 12.1. The lowest BCUT2D eigenvalue weighted by atomic mass is 10.1. The van der Waals surface area contributed by atoms with Gasteiger partial charge in [-0.2, -0.15) is 0 Å². The van der Waals surface area contributed by atoms with Crippen LogP contribution in [0.1, 0.15) is 21.5 Å². The molecule has 0 amide bonds. The summed E-state index contributed by atoms with van der Waals surface area (Å²) in [6.07, 6.45) is 0. The van der Waals surface area contributed by atoms with E-state index in [2.05, 4.69) is 0 Å². The number of aryl methyl sites for hydroxylation is 1. The lowest BCUT2D eigenvalue weighted by Crippen LogP contribution is -2.12. The number of rotatable bonds is 5. The summed E-state index contributed by atoms with van der Waals surface area (Å²) >= 11 is 0. The number of Topliss-reactive ketones (excluding diaryl/α,β-unsaturated/α-hetero) is 1. The van der Waals surface area contributed by atoms with Gasteiger partial charge in [0.1, 0.15) is 11.5 Å². The Morgan fingerprint density at radius 1 is 1.10 bits per heavy atom. The zero-order valence-corrected chi connectivity index (χ0v) is 12.0. The van der Waals surface area contributed by atoms with Crippen LogP contribution >= 0.6 is 0 Å². The van der Waals surface area contributed by atoms with Gasteiger partial charge in [0.25, 0.3) is 0 Å². The molecule has 2 rings (SSSR count). The Bertz CT molecular complexity index is 617. The number of methoxy groups -OCH3 is 1. The summed E-state index contributed by atoms with van der Waals surface area (Å²) in [5.74, 6) is 1.36. The highest BCUT2D eigenvalue weighted by atomic mass is 16.5. The summed E-state index contributed by atoms with van der Waals surface area (Å²) in [4.78, 5) is 12.1. The van der Waals surface area contributed by atoms with Crippen molar-refractivity contribution in [3.8, 4) is 11.5 Å². The van der Waals surface area contributed by atoms with E-state index in [0.717, 1.165) is 16.9 Å². The molecular weight excluding hydrogens is 252 g/mol. The van der Waals surface area contributed by atoms with Gasteiger partial charge in [-0.25, -0.2) is 0 Å². The molecule has 0 aromatic heterocycles. The minimum atomic E-state index is -0.0650. The molecule has 0 fully saturated rings. The third kappa shape index (κ3) is 3.18. The molecule has 2 aromatic rings. The predicted octanol–water partition coefficient (Wildman–Crippen LogP) is 3.57. The molecule has 2 aromatic carbocycles. The molecule has 0 bridgehead atoms. The van der Waals surface area contributed by atoms with E-state index in [1.807, 2.05) is 38.1 Å². The first-order valence-corrected chi connectivity index (χ1v) is 6.48. The second-order valence-corrected chi connectivity index (χ2v) is 4.64. The molecule has 0 spiro atoms. The van der Waals surface area contributed by atoms with Gasteiger partial charge in [-0.05, 0) is 43.2 Å². The first-order valence-electron chi connectivity index (χ1n) is 6.48. The Labute approximate surface area is 119 Å². The highest BCUT2D eigenvalue weighted by Gasteiger charge is 2.09. The summed E-state index contributed by atoms with van der Waals surface area (Å²) in [6, 6.07) is 12.9. The third-order valence-corrected chi connectivity index (χ3v) is 3.31. The van der Waals surface area contributed by atoms with E-state index >= 15 is 0 Å². The fourth-order valence-electron chi connectivity index (χ4n) is 1.90. The van der Waals surface area contributed by atoms with Crippen LogP contribution in [0.15, 0.2) is 42.5 Å². The quantitative estimate of drug-likeness (QED) is 0.779. The molecule has 20 heavy (non-hydrogen) atoms. The average Bonchev–Trinajstić information content (AvgIpc) is 2.48. The standard InChI is InChI=1S/C17H18O3/c1-12-6-4-9-17(13(12)2)20-11-16(18)14-7-5-8-15(10-14)19-3/h4-10H,11H2,1-3H3. The number of benzene rings is 2. The topological polar surface area (TPSA) is 35.5 Å². The minimum Gasteiger partial charge on any atom is -0.497 e. The van der Waals surface area contributed by atoms with Gasteiger partial charge < -0.3 is 9.47 Å². The zero-order valence-electron chi connectivity index (χ0n) is 12.0. The highest BCUT2D eigenvalue weighted by molar-refractivity contribution is 5.97. The third-order valence-electron chi connectivity index (χ3n) is 3.31. The first-order chi connectivity index (χ1) is 9.61. The van der Waals surface area contributed by atoms with Gasteiger partial charge in [-0.3, -0.25) is 4.79 Å². The zero-order chi connectivity index (χ0) is 14.5. The highest BCUT2D eigenvalue weighted by Crippen LogP contribution is 2.21. The molecule has 3 heteroatoms. The van der Waals surface area contributed by atoms with E-state index in [1.54, 1.807) is 25.3 Å². The van der Waals surface area contributed by atoms with Gasteiger partial charge >= 0.3 is 0 Å².